The quantitative estimate of drug-likeness (QED) is 0.544. The summed E-state index contributed by atoms with van der Waals surface area (Å²) in [6, 6.07) is 8.75. The van der Waals surface area contributed by atoms with E-state index in [1.807, 2.05) is 25.1 Å². The number of ketones is 1. The summed E-state index contributed by atoms with van der Waals surface area (Å²) in [7, 11) is 1.81. The van der Waals surface area contributed by atoms with Crippen molar-refractivity contribution in [1.29, 1.82) is 0 Å². The molecule has 0 radical (unpaired) electrons. The molecule has 1 aliphatic heterocycles. The van der Waals surface area contributed by atoms with E-state index in [9.17, 15) is 9.18 Å². The van der Waals surface area contributed by atoms with Crippen molar-refractivity contribution in [2.45, 2.75) is 38.8 Å². The highest BCUT2D eigenvalue weighted by Crippen LogP contribution is 2.55. The second kappa shape index (κ2) is 8.60. The Morgan fingerprint density at radius 2 is 2.00 bits per heavy atom. The summed E-state index contributed by atoms with van der Waals surface area (Å²) >= 11 is 3.45. The number of allylic oxidation sites excluding steroid dienone is 1. The summed E-state index contributed by atoms with van der Waals surface area (Å²) in [5, 5.41) is 6.55. The molecule has 33 heavy (non-hydrogen) atoms. The zero-order chi connectivity index (χ0) is 23.3. The van der Waals surface area contributed by atoms with Gasteiger partial charge in [-0.2, -0.15) is 0 Å². The van der Waals surface area contributed by atoms with Gasteiger partial charge < -0.3 is 15.5 Å². The number of Topliss-reactive ketones (excluding diaryl/α,β-unsaturated/α-hetero) is 1. The summed E-state index contributed by atoms with van der Waals surface area (Å²) in [6.07, 6.45) is 5.09. The molecule has 0 spiro atoms. The van der Waals surface area contributed by atoms with Gasteiger partial charge in [-0.25, -0.2) is 9.37 Å². The molecular weight excluding hydrogens is 483 g/mol. The first-order valence-electron chi connectivity index (χ1n) is 11.4. The Labute approximate surface area is 202 Å². The predicted molar refractivity (Wildman–Crippen MR) is 131 cm³/mol. The largest absolute Gasteiger partial charge is 0.374 e. The predicted octanol–water partition coefficient (Wildman–Crippen LogP) is 5.15. The van der Waals surface area contributed by atoms with Gasteiger partial charge in [0, 0.05) is 41.9 Å². The average molecular weight is 511 g/mol. The van der Waals surface area contributed by atoms with Gasteiger partial charge in [0.2, 0.25) is 0 Å². The fraction of sp³-hybridized carbons (Fsp3) is 0.385. The highest BCUT2D eigenvalue weighted by Gasteiger charge is 2.57. The summed E-state index contributed by atoms with van der Waals surface area (Å²) in [5.74, 6) is 2.11. The molecule has 2 bridgehead atoms. The Kier molecular flexibility index (Phi) is 5.77. The lowest BCUT2D eigenvalue weighted by molar-refractivity contribution is -0.124. The number of pyridine rings is 1. The molecule has 3 fully saturated rings. The fourth-order valence-corrected chi connectivity index (χ4v) is 6.45. The zero-order valence-electron chi connectivity index (χ0n) is 18.9. The zero-order valence-corrected chi connectivity index (χ0v) is 20.5. The molecule has 1 saturated heterocycles. The van der Waals surface area contributed by atoms with Crippen LogP contribution in [-0.4, -0.2) is 28.8 Å². The number of fused-ring (bicyclic) bond motifs is 5. The number of aryl methyl sites for hydroxylation is 1. The van der Waals surface area contributed by atoms with Gasteiger partial charge in [-0.1, -0.05) is 18.7 Å². The molecule has 4 atom stereocenters. The van der Waals surface area contributed by atoms with Crippen LogP contribution in [0.2, 0.25) is 0 Å². The van der Waals surface area contributed by atoms with E-state index in [0.29, 0.717) is 41.3 Å². The number of benzene rings is 1. The second-order valence-electron chi connectivity index (χ2n) is 9.36. The van der Waals surface area contributed by atoms with Crippen LogP contribution in [0.4, 0.5) is 10.2 Å². The van der Waals surface area contributed by atoms with Crippen molar-refractivity contribution in [2.75, 3.05) is 12.4 Å². The number of nitrogens with zero attached hydrogens (tertiary/aromatic N) is 2. The van der Waals surface area contributed by atoms with Gasteiger partial charge in [0.25, 0.3) is 0 Å². The van der Waals surface area contributed by atoms with Crippen LogP contribution < -0.4 is 10.6 Å². The first-order chi connectivity index (χ1) is 15.9. The number of rotatable bonds is 5. The molecule has 5 nitrogen and oxygen atoms in total. The van der Waals surface area contributed by atoms with Gasteiger partial charge in [0.1, 0.15) is 17.5 Å². The van der Waals surface area contributed by atoms with Gasteiger partial charge in [-0.05, 0) is 83.3 Å². The first kappa shape index (κ1) is 22.1. The number of halogens is 2. The minimum atomic E-state index is -0.246. The van der Waals surface area contributed by atoms with Gasteiger partial charge in [0.15, 0.2) is 5.78 Å². The molecule has 2 heterocycles. The van der Waals surface area contributed by atoms with Crippen LogP contribution in [0.5, 0.6) is 0 Å². The molecule has 1 aromatic carbocycles. The highest BCUT2D eigenvalue weighted by molar-refractivity contribution is 9.10. The van der Waals surface area contributed by atoms with E-state index in [1.54, 1.807) is 13.2 Å². The van der Waals surface area contributed by atoms with Crippen LogP contribution >= 0.6 is 15.9 Å². The Morgan fingerprint density at radius 1 is 1.27 bits per heavy atom. The number of nitrogens with one attached hydrogen (secondary N) is 2. The maximum absolute atomic E-state index is 13.9. The van der Waals surface area contributed by atoms with E-state index in [-0.39, 0.29) is 23.6 Å². The smallest absolute Gasteiger partial charge is 0.174 e. The summed E-state index contributed by atoms with van der Waals surface area (Å²) in [4.78, 5) is 20.7. The van der Waals surface area contributed by atoms with E-state index >= 15 is 0 Å². The van der Waals surface area contributed by atoms with E-state index < -0.39 is 0 Å². The monoisotopic (exact) mass is 510 g/mol. The third kappa shape index (κ3) is 3.86. The van der Waals surface area contributed by atoms with Gasteiger partial charge in [-0.15, -0.1) is 0 Å². The average Bonchev–Trinajstić information content (AvgIpc) is 3.41. The Balaban J connectivity index is 1.55. The minimum absolute atomic E-state index is 0.0335. The molecule has 7 heteroatoms. The lowest BCUT2D eigenvalue weighted by Crippen LogP contribution is -2.52. The molecule has 0 amide bonds. The van der Waals surface area contributed by atoms with Gasteiger partial charge >= 0.3 is 0 Å². The van der Waals surface area contributed by atoms with Crippen LogP contribution in [0.15, 0.2) is 64.7 Å². The molecule has 2 aliphatic carbocycles. The molecule has 1 aromatic heterocycles. The van der Waals surface area contributed by atoms with Crippen LogP contribution in [-0.2, 0) is 11.3 Å². The normalized spacial score (nSPS) is 27.6. The Hall–Kier alpha value is -2.67. The summed E-state index contributed by atoms with van der Waals surface area (Å²) in [6.45, 7) is 6.98. The van der Waals surface area contributed by atoms with E-state index in [2.05, 4.69) is 43.0 Å². The molecule has 2 aromatic rings. The van der Waals surface area contributed by atoms with Crippen LogP contribution in [0.3, 0.4) is 0 Å². The van der Waals surface area contributed by atoms with Crippen LogP contribution in [0, 0.1) is 30.5 Å². The van der Waals surface area contributed by atoms with Crippen molar-refractivity contribution in [3.8, 4) is 0 Å². The molecule has 172 valence electrons. The lowest BCUT2D eigenvalue weighted by Gasteiger charge is -2.46. The second-order valence-corrected chi connectivity index (χ2v) is 10.3. The number of piperidine rings is 1. The molecule has 2 saturated carbocycles. The number of likely N-dealkylation sites (tertiary alicyclic amines) is 1. The van der Waals surface area contributed by atoms with Crippen LogP contribution in [0.1, 0.15) is 30.4 Å². The molecule has 0 unspecified atom stereocenters. The fourth-order valence-electron chi connectivity index (χ4n) is 6.01. The first-order valence-corrected chi connectivity index (χ1v) is 12.2. The summed E-state index contributed by atoms with van der Waals surface area (Å²) < 4.78 is 14.4. The molecule has 5 rings (SSSR count). The number of aromatic nitrogens is 1. The molecular formula is C26H28BrFN4O. The van der Waals surface area contributed by atoms with E-state index in [4.69, 9.17) is 0 Å². The van der Waals surface area contributed by atoms with Crippen molar-refractivity contribution in [3.05, 3.63) is 81.6 Å². The van der Waals surface area contributed by atoms with Crippen molar-refractivity contribution in [3.63, 3.8) is 0 Å². The number of carbonyl (C=O) groups excluding carboxylic acids is 1. The van der Waals surface area contributed by atoms with Crippen LogP contribution in [0.25, 0.3) is 0 Å². The SMILES string of the molecule is C=C1C(=C(NC)Nc2ncc(Br)cc2C)C(=O)[C@@H]2[C@@H]3CC[C@H](C3)[C@@H]2N1Cc1ccc(F)cc1. The lowest BCUT2D eigenvalue weighted by atomic mass is 9.74. The van der Waals surface area contributed by atoms with Crippen molar-refractivity contribution in [2.24, 2.45) is 17.8 Å². The van der Waals surface area contributed by atoms with E-state index in [0.717, 1.165) is 34.9 Å². The number of carbonyl (C=O) groups is 1. The minimum Gasteiger partial charge on any atom is -0.374 e. The van der Waals surface area contributed by atoms with Crippen molar-refractivity contribution < 1.29 is 9.18 Å². The Bertz CT molecular complexity index is 1150. The van der Waals surface area contributed by atoms with Crippen molar-refractivity contribution in [1.82, 2.24) is 15.2 Å². The maximum Gasteiger partial charge on any atom is 0.174 e. The Morgan fingerprint density at radius 3 is 2.70 bits per heavy atom. The molecule has 2 N–H and O–H groups in total. The van der Waals surface area contributed by atoms with Gasteiger partial charge in [0.05, 0.1) is 5.57 Å². The topological polar surface area (TPSA) is 57.3 Å². The van der Waals surface area contributed by atoms with E-state index in [1.165, 1.54) is 12.1 Å². The van der Waals surface area contributed by atoms with Gasteiger partial charge in [-0.3, -0.25) is 4.79 Å². The standard InChI is InChI=1S/C26H28BrFN4O/c1-14-10-19(27)12-30-25(14)31-26(29-3)21-15(2)32(13-16-4-8-20(28)9-5-16)23-18-7-6-17(11-18)22(23)24(21)33/h4-5,8-10,12,17-18,22-23,29H,2,6-7,11,13H2,1,3H3,(H,30,31)/t17-,18-,22-,23+/m1/s1. The third-order valence-electron chi connectivity index (χ3n) is 7.47. The number of anilines is 1. The molecule has 3 aliphatic rings. The van der Waals surface area contributed by atoms with Crippen molar-refractivity contribution >= 4 is 27.5 Å². The summed E-state index contributed by atoms with van der Waals surface area (Å²) in [5.41, 5.74) is 3.28. The highest BCUT2D eigenvalue weighted by atomic mass is 79.9. The third-order valence-corrected chi connectivity index (χ3v) is 7.90. The maximum atomic E-state index is 13.9. The number of hydrogen-bond acceptors (Lipinski definition) is 5. The number of hydrogen-bond donors (Lipinski definition) is 2.